The number of fused-ring (bicyclic) bond motifs is 1. The van der Waals surface area contributed by atoms with E-state index in [2.05, 4.69) is 17.4 Å². The van der Waals surface area contributed by atoms with Crippen LogP contribution in [0.2, 0.25) is 0 Å². The van der Waals surface area contributed by atoms with Crippen molar-refractivity contribution in [2.45, 2.75) is 26.9 Å². The second kappa shape index (κ2) is 8.58. The molecule has 4 nitrogen and oxygen atoms in total. The molecule has 4 heteroatoms. The van der Waals surface area contributed by atoms with Gasteiger partial charge in [-0.15, -0.1) is 0 Å². The highest BCUT2D eigenvalue weighted by Gasteiger charge is 2.14. The smallest absolute Gasteiger partial charge is 0.260 e. The van der Waals surface area contributed by atoms with Gasteiger partial charge in [-0.2, -0.15) is 0 Å². The maximum atomic E-state index is 12.2. The second-order valence-corrected chi connectivity index (χ2v) is 6.65. The average molecular weight is 363 g/mol. The van der Waals surface area contributed by atoms with Crippen molar-refractivity contribution in [3.8, 4) is 11.5 Å². The summed E-state index contributed by atoms with van der Waals surface area (Å²) in [6.45, 7) is 6.64. The zero-order valence-electron chi connectivity index (χ0n) is 16.0. The third-order valence-electron chi connectivity index (χ3n) is 4.55. The summed E-state index contributed by atoms with van der Waals surface area (Å²) in [5.74, 6) is 1.34. The molecule has 0 bridgehead atoms. The van der Waals surface area contributed by atoms with Crippen molar-refractivity contribution in [2.75, 3.05) is 13.2 Å². The SMILES string of the molecule is Cc1ccc(O[C@H](C)C(=O)NCCOc2ccc3ccccc3c2)cc1C. The fraction of sp³-hybridized carbons (Fsp3) is 0.261. The summed E-state index contributed by atoms with van der Waals surface area (Å²) in [7, 11) is 0. The van der Waals surface area contributed by atoms with Crippen molar-refractivity contribution in [3.63, 3.8) is 0 Å². The lowest BCUT2D eigenvalue weighted by Gasteiger charge is -2.16. The first-order valence-electron chi connectivity index (χ1n) is 9.16. The molecule has 1 N–H and O–H groups in total. The Morgan fingerprint density at radius 2 is 1.67 bits per heavy atom. The number of nitrogens with one attached hydrogen (secondary N) is 1. The average Bonchev–Trinajstić information content (AvgIpc) is 2.67. The van der Waals surface area contributed by atoms with Gasteiger partial charge in [0, 0.05) is 0 Å². The predicted molar refractivity (Wildman–Crippen MR) is 108 cm³/mol. The highest BCUT2D eigenvalue weighted by Crippen LogP contribution is 2.20. The minimum atomic E-state index is -0.562. The minimum Gasteiger partial charge on any atom is -0.492 e. The molecule has 0 aliphatic rings. The summed E-state index contributed by atoms with van der Waals surface area (Å²) >= 11 is 0. The number of benzene rings is 3. The van der Waals surface area contributed by atoms with Crippen molar-refractivity contribution >= 4 is 16.7 Å². The fourth-order valence-electron chi connectivity index (χ4n) is 2.79. The van der Waals surface area contributed by atoms with Crippen molar-refractivity contribution < 1.29 is 14.3 Å². The molecule has 27 heavy (non-hydrogen) atoms. The summed E-state index contributed by atoms with van der Waals surface area (Å²) in [6.07, 6.45) is -0.562. The Bertz CT molecular complexity index is 936. The Morgan fingerprint density at radius 3 is 2.44 bits per heavy atom. The van der Waals surface area contributed by atoms with Gasteiger partial charge < -0.3 is 14.8 Å². The molecule has 0 saturated heterocycles. The number of hydrogen-bond donors (Lipinski definition) is 1. The first-order chi connectivity index (χ1) is 13.0. The molecule has 3 aromatic carbocycles. The van der Waals surface area contributed by atoms with Gasteiger partial charge in [0.25, 0.3) is 5.91 Å². The molecular formula is C23H25NO3. The molecule has 0 aliphatic carbocycles. The van der Waals surface area contributed by atoms with Crippen molar-refractivity contribution in [1.82, 2.24) is 5.32 Å². The molecule has 0 saturated carbocycles. The highest BCUT2D eigenvalue weighted by atomic mass is 16.5. The molecule has 3 aromatic rings. The van der Waals surface area contributed by atoms with E-state index in [1.54, 1.807) is 6.92 Å². The van der Waals surface area contributed by atoms with Gasteiger partial charge in [0.15, 0.2) is 6.10 Å². The zero-order chi connectivity index (χ0) is 19.2. The van der Waals surface area contributed by atoms with Crippen molar-refractivity contribution in [2.24, 2.45) is 0 Å². The van der Waals surface area contributed by atoms with E-state index < -0.39 is 6.10 Å². The summed E-state index contributed by atoms with van der Waals surface area (Å²) in [5, 5.41) is 5.16. The third-order valence-corrected chi connectivity index (χ3v) is 4.55. The van der Waals surface area contributed by atoms with Crippen LogP contribution in [-0.4, -0.2) is 25.2 Å². The largest absolute Gasteiger partial charge is 0.492 e. The standard InChI is InChI=1S/C23H25NO3/c1-16-8-10-22(14-17(16)2)27-18(3)23(25)24-12-13-26-21-11-9-19-6-4-5-7-20(19)15-21/h4-11,14-15,18H,12-13H2,1-3H3,(H,24,25)/t18-/m1/s1. The number of ether oxygens (including phenoxy) is 2. The first-order valence-corrected chi connectivity index (χ1v) is 9.16. The molecule has 0 radical (unpaired) electrons. The van der Waals surface area contributed by atoms with E-state index >= 15 is 0 Å². The van der Waals surface area contributed by atoms with E-state index in [0.717, 1.165) is 16.7 Å². The van der Waals surface area contributed by atoms with Crippen LogP contribution >= 0.6 is 0 Å². The lowest BCUT2D eigenvalue weighted by molar-refractivity contribution is -0.127. The van der Waals surface area contributed by atoms with Crippen LogP contribution in [0.3, 0.4) is 0 Å². The molecule has 0 aromatic heterocycles. The highest BCUT2D eigenvalue weighted by molar-refractivity contribution is 5.83. The van der Waals surface area contributed by atoms with Crippen LogP contribution in [0.4, 0.5) is 0 Å². The number of hydrogen-bond acceptors (Lipinski definition) is 3. The Kier molecular flexibility index (Phi) is 5.97. The number of carbonyl (C=O) groups is 1. The molecule has 3 rings (SSSR count). The summed E-state index contributed by atoms with van der Waals surface area (Å²) < 4.78 is 11.5. The van der Waals surface area contributed by atoms with Crippen LogP contribution in [0.1, 0.15) is 18.1 Å². The lowest BCUT2D eigenvalue weighted by Crippen LogP contribution is -2.38. The van der Waals surface area contributed by atoms with Crippen LogP contribution in [0, 0.1) is 13.8 Å². The normalized spacial score (nSPS) is 11.8. The van der Waals surface area contributed by atoms with Gasteiger partial charge in [0.2, 0.25) is 0 Å². The van der Waals surface area contributed by atoms with Gasteiger partial charge in [0.1, 0.15) is 18.1 Å². The lowest BCUT2D eigenvalue weighted by atomic mass is 10.1. The molecule has 0 heterocycles. The summed E-state index contributed by atoms with van der Waals surface area (Å²) in [6, 6.07) is 19.9. The van der Waals surface area contributed by atoms with Crippen LogP contribution in [0.25, 0.3) is 10.8 Å². The van der Waals surface area contributed by atoms with Gasteiger partial charge in [-0.05, 0) is 66.9 Å². The molecule has 1 amide bonds. The Hall–Kier alpha value is -3.01. The molecule has 0 unspecified atom stereocenters. The second-order valence-electron chi connectivity index (χ2n) is 6.65. The van der Waals surface area contributed by atoms with Crippen molar-refractivity contribution in [3.05, 3.63) is 71.8 Å². The maximum Gasteiger partial charge on any atom is 0.260 e. The van der Waals surface area contributed by atoms with Gasteiger partial charge in [-0.1, -0.05) is 36.4 Å². The predicted octanol–water partition coefficient (Wildman–Crippen LogP) is 4.42. The quantitative estimate of drug-likeness (QED) is 0.632. The number of rotatable bonds is 7. The summed E-state index contributed by atoms with van der Waals surface area (Å²) in [5.41, 5.74) is 2.34. The maximum absolute atomic E-state index is 12.2. The number of aryl methyl sites for hydroxylation is 2. The monoisotopic (exact) mass is 363 g/mol. The minimum absolute atomic E-state index is 0.157. The van der Waals surface area contributed by atoms with Crippen LogP contribution in [0.15, 0.2) is 60.7 Å². The Balaban J connectivity index is 1.44. The Labute approximate surface area is 160 Å². The van der Waals surface area contributed by atoms with Crippen LogP contribution < -0.4 is 14.8 Å². The van der Waals surface area contributed by atoms with Gasteiger partial charge in [0.05, 0.1) is 6.54 Å². The zero-order valence-corrected chi connectivity index (χ0v) is 16.0. The molecule has 0 aliphatic heterocycles. The fourth-order valence-corrected chi connectivity index (χ4v) is 2.79. The van der Waals surface area contributed by atoms with Crippen molar-refractivity contribution in [1.29, 1.82) is 0 Å². The van der Waals surface area contributed by atoms with E-state index in [-0.39, 0.29) is 5.91 Å². The molecular weight excluding hydrogens is 338 g/mol. The molecule has 1 atom stereocenters. The van der Waals surface area contributed by atoms with E-state index in [4.69, 9.17) is 9.47 Å². The number of amides is 1. The van der Waals surface area contributed by atoms with Crippen LogP contribution in [0.5, 0.6) is 11.5 Å². The molecule has 0 fully saturated rings. The topological polar surface area (TPSA) is 47.6 Å². The first kappa shape index (κ1) is 18.8. The van der Waals surface area contributed by atoms with E-state index in [1.165, 1.54) is 10.9 Å². The third kappa shape index (κ3) is 5.00. The Morgan fingerprint density at radius 1 is 0.926 bits per heavy atom. The van der Waals surface area contributed by atoms with E-state index in [0.29, 0.717) is 18.9 Å². The van der Waals surface area contributed by atoms with E-state index in [1.807, 2.05) is 62.4 Å². The van der Waals surface area contributed by atoms with Crippen LogP contribution in [-0.2, 0) is 4.79 Å². The number of carbonyl (C=O) groups excluding carboxylic acids is 1. The van der Waals surface area contributed by atoms with Gasteiger partial charge in [-0.3, -0.25) is 4.79 Å². The molecule has 140 valence electrons. The van der Waals surface area contributed by atoms with Gasteiger partial charge in [-0.25, -0.2) is 0 Å². The van der Waals surface area contributed by atoms with Gasteiger partial charge >= 0.3 is 0 Å². The van der Waals surface area contributed by atoms with E-state index in [9.17, 15) is 4.79 Å². The summed E-state index contributed by atoms with van der Waals surface area (Å²) in [4.78, 5) is 12.2. The molecule has 0 spiro atoms.